The highest BCUT2D eigenvalue weighted by Gasteiger charge is 2.10. The van der Waals surface area contributed by atoms with Gasteiger partial charge in [-0.25, -0.2) is 9.59 Å². The average molecular weight is 296 g/mol. The fourth-order valence-corrected chi connectivity index (χ4v) is 2.22. The normalized spacial score (nSPS) is 10.6. The number of hydrogen-bond donors (Lipinski definition) is 3. The van der Waals surface area contributed by atoms with Crippen LogP contribution in [0.3, 0.4) is 0 Å². The van der Waals surface area contributed by atoms with Crippen LogP contribution < -0.4 is 16.9 Å². The Morgan fingerprint density at radius 2 is 1.95 bits per heavy atom. The predicted octanol–water partition coefficient (Wildman–Crippen LogP) is 2.44. The molecule has 22 heavy (non-hydrogen) atoms. The van der Waals surface area contributed by atoms with E-state index < -0.39 is 11.6 Å². The van der Waals surface area contributed by atoms with Crippen molar-refractivity contribution in [2.24, 2.45) is 5.84 Å². The van der Waals surface area contributed by atoms with E-state index in [-0.39, 0.29) is 5.56 Å². The summed E-state index contributed by atoms with van der Waals surface area (Å²) >= 11 is 0. The topological polar surface area (TPSA) is 106 Å². The van der Waals surface area contributed by atoms with Crippen LogP contribution in [0.2, 0.25) is 0 Å². The van der Waals surface area contributed by atoms with Crippen LogP contribution in [0, 0.1) is 0 Å². The molecule has 1 heterocycles. The second-order valence-corrected chi connectivity index (χ2v) is 4.73. The molecule has 0 bridgehead atoms. The lowest BCUT2D eigenvalue weighted by molar-refractivity contribution is 0.0697. The summed E-state index contributed by atoms with van der Waals surface area (Å²) in [5.41, 5.74) is 3.88. The largest absolute Gasteiger partial charge is 0.478 e. The molecule has 0 aliphatic rings. The summed E-state index contributed by atoms with van der Waals surface area (Å²) in [4.78, 5) is 23.2. The lowest BCUT2D eigenvalue weighted by atomic mass is 10.0. The van der Waals surface area contributed by atoms with Gasteiger partial charge in [-0.05, 0) is 35.9 Å². The third-order valence-corrected chi connectivity index (χ3v) is 3.32. The van der Waals surface area contributed by atoms with E-state index in [0.29, 0.717) is 27.8 Å². The fraction of sp³-hybridized carbons (Fsp3) is 0. The van der Waals surface area contributed by atoms with E-state index in [0.717, 1.165) is 0 Å². The SMILES string of the molecule is NNc1ccc2cc(-c3cccc(C(=O)O)c3)c(=O)oc2c1. The van der Waals surface area contributed by atoms with Crippen LogP contribution in [-0.2, 0) is 0 Å². The van der Waals surface area contributed by atoms with Crippen molar-refractivity contribution >= 4 is 22.6 Å². The standard InChI is InChI=1S/C16H12N2O4/c17-18-12-5-4-10-7-13(16(21)22-14(10)8-12)9-2-1-3-11(6-9)15(19)20/h1-8,18H,17H2,(H,19,20). The van der Waals surface area contributed by atoms with E-state index in [9.17, 15) is 9.59 Å². The van der Waals surface area contributed by atoms with Crippen LogP contribution in [-0.4, -0.2) is 11.1 Å². The van der Waals surface area contributed by atoms with Crippen LogP contribution in [0.4, 0.5) is 5.69 Å². The molecule has 6 nitrogen and oxygen atoms in total. The van der Waals surface area contributed by atoms with Crippen LogP contribution in [0.25, 0.3) is 22.1 Å². The third-order valence-electron chi connectivity index (χ3n) is 3.32. The van der Waals surface area contributed by atoms with E-state index >= 15 is 0 Å². The van der Waals surface area contributed by atoms with E-state index in [4.69, 9.17) is 15.4 Å². The number of carboxylic acid groups (broad SMARTS) is 1. The van der Waals surface area contributed by atoms with Crippen molar-refractivity contribution in [2.75, 3.05) is 5.43 Å². The average Bonchev–Trinajstić information content (AvgIpc) is 2.53. The van der Waals surface area contributed by atoms with Crippen LogP contribution >= 0.6 is 0 Å². The molecule has 0 radical (unpaired) electrons. The van der Waals surface area contributed by atoms with Gasteiger partial charge in [0.05, 0.1) is 16.8 Å². The molecule has 0 saturated heterocycles. The molecule has 0 spiro atoms. The van der Waals surface area contributed by atoms with Gasteiger partial charge in [-0.2, -0.15) is 0 Å². The van der Waals surface area contributed by atoms with Crippen molar-refractivity contribution in [1.82, 2.24) is 0 Å². The fourth-order valence-electron chi connectivity index (χ4n) is 2.22. The number of anilines is 1. The number of carbonyl (C=O) groups is 1. The minimum atomic E-state index is -1.05. The Morgan fingerprint density at radius 3 is 2.68 bits per heavy atom. The third kappa shape index (κ3) is 2.43. The zero-order valence-corrected chi connectivity index (χ0v) is 11.4. The van der Waals surface area contributed by atoms with E-state index in [2.05, 4.69) is 5.43 Å². The number of rotatable bonds is 3. The summed E-state index contributed by atoms with van der Waals surface area (Å²) in [5.74, 6) is 4.27. The first kappa shape index (κ1) is 13.8. The van der Waals surface area contributed by atoms with Gasteiger partial charge in [-0.3, -0.25) is 5.84 Å². The Bertz CT molecular complexity index is 931. The second-order valence-electron chi connectivity index (χ2n) is 4.73. The number of benzene rings is 2. The monoisotopic (exact) mass is 296 g/mol. The Labute approximate surface area is 124 Å². The maximum Gasteiger partial charge on any atom is 0.344 e. The van der Waals surface area contributed by atoms with Gasteiger partial charge in [0.25, 0.3) is 0 Å². The summed E-state index contributed by atoms with van der Waals surface area (Å²) in [5, 5.41) is 9.75. The van der Waals surface area contributed by atoms with Crippen molar-refractivity contribution in [3.05, 3.63) is 64.5 Å². The van der Waals surface area contributed by atoms with Gasteiger partial charge in [-0.15, -0.1) is 0 Å². The van der Waals surface area contributed by atoms with Gasteiger partial charge >= 0.3 is 11.6 Å². The Balaban J connectivity index is 2.19. The molecular weight excluding hydrogens is 284 g/mol. The molecule has 1 aromatic heterocycles. The van der Waals surface area contributed by atoms with Crippen molar-refractivity contribution in [3.8, 4) is 11.1 Å². The first-order valence-corrected chi connectivity index (χ1v) is 6.47. The lowest BCUT2D eigenvalue weighted by Crippen LogP contribution is -2.07. The Hall–Kier alpha value is -3.12. The predicted molar refractivity (Wildman–Crippen MR) is 82.7 cm³/mol. The van der Waals surface area contributed by atoms with Gasteiger partial charge in [0.2, 0.25) is 0 Å². The summed E-state index contributed by atoms with van der Waals surface area (Å²) in [7, 11) is 0. The number of nitrogens with one attached hydrogen (secondary N) is 1. The molecule has 110 valence electrons. The zero-order chi connectivity index (χ0) is 15.7. The van der Waals surface area contributed by atoms with Crippen LogP contribution in [0.5, 0.6) is 0 Å². The molecule has 0 fully saturated rings. The molecular formula is C16H12N2O4. The quantitative estimate of drug-likeness (QED) is 0.389. The Kier molecular flexibility index (Phi) is 3.36. The molecule has 0 saturated carbocycles. The molecule has 6 heteroatoms. The van der Waals surface area contributed by atoms with Crippen molar-refractivity contribution < 1.29 is 14.3 Å². The van der Waals surface area contributed by atoms with Gasteiger partial charge in [0.1, 0.15) is 5.58 Å². The number of nitrogens with two attached hydrogens (primary N) is 1. The van der Waals surface area contributed by atoms with Gasteiger partial charge < -0.3 is 14.9 Å². The van der Waals surface area contributed by atoms with E-state index in [1.54, 1.807) is 36.4 Å². The highest BCUT2D eigenvalue weighted by Crippen LogP contribution is 2.23. The highest BCUT2D eigenvalue weighted by atomic mass is 16.4. The smallest absolute Gasteiger partial charge is 0.344 e. The number of aromatic carboxylic acids is 1. The van der Waals surface area contributed by atoms with Gasteiger partial charge in [0.15, 0.2) is 0 Å². The molecule has 0 amide bonds. The molecule has 3 aromatic rings. The maximum absolute atomic E-state index is 12.1. The lowest BCUT2D eigenvalue weighted by Gasteiger charge is -2.05. The first-order chi connectivity index (χ1) is 10.6. The number of fused-ring (bicyclic) bond motifs is 1. The number of hydrazine groups is 1. The first-order valence-electron chi connectivity index (χ1n) is 6.47. The molecule has 2 aromatic carbocycles. The minimum Gasteiger partial charge on any atom is -0.478 e. The molecule has 0 aliphatic carbocycles. The zero-order valence-electron chi connectivity index (χ0n) is 11.4. The molecule has 4 N–H and O–H groups in total. The highest BCUT2D eigenvalue weighted by molar-refractivity contribution is 5.90. The minimum absolute atomic E-state index is 0.111. The summed E-state index contributed by atoms with van der Waals surface area (Å²) in [6.45, 7) is 0. The van der Waals surface area contributed by atoms with Crippen molar-refractivity contribution in [3.63, 3.8) is 0 Å². The summed E-state index contributed by atoms with van der Waals surface area (Å²) < 4.78 is 5.29. The van der Waals surface area contributed by atoms with Crippen molar-refractivity contribution in [2.45, 2.75) is 0 Å². The van der Waals surface area contributed by atoms with Crippen LogP contribution in [0.15, 0.2) is 57.7 Å². The molecule has 0 atom stereocenters. The number of hydrogen-bond acceptors (Lipinski definition) is 5. The molecule has 0 unspecified atom stereocenters. The van der Waals surface area contributed by atoms with E-state index in [1.807, 2.05) is 0 Å². The summed E-state index contributed by atoms with van der Waals surface area (Å²) in [6, 6.07) is 13.0. The second kappa shape index (κ2) is 5.34. The molecule has 3 rings (SSSR count). The van der Waals surface area contributed by atoms with Crippen LogP contribution in [0.1, 0.15) is 10.4 Å². The van der Waals surface area contributed by atoms with Gasteiger partial charge in [-0.1, -0.05) is 12.1 Å². The van der Waals surface area contributed by atoms with Gasteiger partial charge in [0, 0.05) is 11.5 Å². The van der Waals surface area contributed by atoms with E-state index in [1.165, 1.54) is 12.1 Å². The number of carboxylic acids is 1. The molecule has 0 aliphatic heterocycles. The summed E-state index contributed by atoms with van der Waals surface area (Å²) in [6.07, 6.45) is 0. The van der Waals surface area contributed by atoms with Crippen molar-refractivity contribution in [1.29, 1.82) is 0 Å². The Morgan fingerprint density at radius 1 is 1.14 bits per heavy atom. The number of nitrogen functional groups attached to an aromatic ring is 1. The maximum atomic E-state index is 12.1.